The average Bonchev–Trinajstić information content (AvgIpc) is 3.01. The van der Waals surface area contributed by atoms with E-state index in [2.05, 4.69) is 11.9 Å². The number of quaternary nitrogens is 1. The minimum atomic E-state index is -0.833. The molecule has 1 aliphatic heterocycles. The van der Waals surface area contributed by atoms with Crippen LogP contribution in [0.5, 0.6) is 0 Å². The van der Waals surface area contributed by atoms with E-state index in [-0.39, 0.29) is 42.7 Å². The van der Waals surface area contributed by atoms with E-state index in [1.807, 2.05) is 0 Å². The molecule has 0 saturated carbocycles. The van der Waals surface area contributed by atoms with Crippen molar-refractivity contribution in [1.29, 1.82) is 0 Å². The third-order valence-electron chi connectivity index (χ3n) is 4.84. The van der Waals surface area contributed by atoms with Gasteiger partial charge in [0, 0.05) is 20.3 Å². The van der Waals surface area contributed by atoms with Gasteiger partial charge in [0.2, 0.25) is 0 Å². The first-order chi connectivity index (χ1) is 14.6. The summed E-state index contributed by atoms with van der Waals surface area (Å²) in [5.74, 6) is -1.48. The van der Waals surface area contributed by atoms with Gasteiger partial charge < -0.3 is 20.4 Å². The molecule has 0 spiro atoms. The summed E-state index contributed by atoms with van der Waals surface area (Å²) in [6, 6.07) is 0. The van der Waals surface area contributed by atoms with E-state index < -0.39 is 17.9 Å². The number of rotatable bonds is 14. The monoisotopic (exact) mass is 471 g/mol. The third kappa shape index (κ3) is 22.2. The van der Waals surface area contributed by atoms with Crippen LogP contribution in [0.1, 0.15) is 85.0 Å². The number of aliphatic hydroxyl groups excluding tert-OH is 1. The van der Waals surface area contributed by atoms with Gasteiger partial charge in [0.25, 0.3) is 11.9 Å². The second-order valence-corrected chi connectivity index (χ2v) is 7.78. The molecule has 0 aromatic heterocycles. The van der Waals surface area contributed by atoms with Crippen molar-refractivity contribution in [2.45, 2.75) is 85.0 Å². The van der Waals surface area contributed by atoms with Gasteiger partial charge >= 0.3 is 35.5 Å². The van der Waals surface area contributed by atoms with Gasteiger partial charge in [-0.2, -0.15) is 0 Å². The SMILES string of the molecule is CC(=O)O.CC(=O)O.CCCCCCCCCCCC1=NCC[N+]1(CCO)CC(=O)O.[NaH]. The van der Waals surface area contributed by atoms with E-state index in [4.69, 9.17) is 24.9 Å². The first-order valence-corrected chi connectivity index (χ1v) is 11.2. The Hall–Kier alpha value is -1.00. The van der Waals surface area contributed by atoms with Crippen LogP contribution in [0.2, 0.25) is 0 Å². The van der Waals surface area contributed by atoms with Crippen LogP contribution in [0.4, 0.5) is 0 Å². The van der Waals surface area contributed by atoms with Crippen molar-refractivity contribution in [3.63, 3.8) is 0 Å². The molecule has 184 valence electrons. The second kappa shape index (κ2) is 23.2. The minimum absolute atomic E-state index is 0. The van der Waals surface area contributed by atoms with Gasteiger partial charge in [0.1, 0.15) is 13.1 Å². The first kappa shape index (κ1) is 35.6. The number of hydrogen-bond donors (Lipinski definition) is 4. The molecule has 0 saturated heterocycles. The van der Waals surface area contributed by atoms with Crippen LogP contribution in [-0.2, 0) is 14.4 Å². The van der Waals surface area contributed by atoms with Crippen LogP contribution in [-0.4, -0.2) is 111 Å². The van der Waals surface area contributed by atoms with Crippen molar-refractivity contribution < 1.29 is 39.3 Å². The quantitative estimate of drug-likeness (QED) is 0.173. The van der Waals surface area contributed by atoms with Gasteiger partial charge in [-0.3, -0.25) is 14.1 Å². The molecule has 0 fully saturated rings. The molecule has 0 bridgehead atoms. The summed E-state index contributed by atoms with van der Waals surface area (Å²) >= 11 is 0. The second-order valence-electron chi connectivity index (χ2n) is 7.78. The van der Waals surface area contributed by atoms with Gasteiger partial charge in [-0.05, 0) is 6.42 Å². The molecule has 1 atom stereocenters. The summed E-state index contributed by atoms with van der Waals surface area (Å²) < 4.78 is 0.364. The Morgan fingerprint density at radius 2 is 1.31 bits per heavy atom. The fourth-order valence-corrected chi connectivity index (χ4v) is 3.50. The maximum atomic E-state index is 11.2. The summed E-state index contributed by atoms with van der Waals surface area (Å²) in [4.78, 5) is 33.7. The third-order valence-corrected chi connectivity index (χ3v) is 4.84. The van der Waals surface area contributed by atoms with Crippen molar-refractivity contribution in [2.75, 3.05) is 32.8 Å². The molecular weight excluding hydrogens is 427 g/mol. The van der Waals surface area contributed by atoms with Crippen molar-refractivity contribution in [1.82, 2.24) is 0 Å². The van der Waals surface area contributed by atoms with Crippen molar-refractivity contribution in [3.05, 3.63) is 0 Å². The van der Waals surface area contributed by atoms with Crippen LogP contribution in [0.25, 0.3) is 0 Å². The van der Waals surface area contributed by atoms with Crippen molar-refractivity contribution in [3.8, 4) is 0 Å². The van der Waals surface area contributed by atoms with Gasteiger partial charge in [-0.25, -0.2) is 9.79 Å². The molecule has 1 aliphatic rings. The number of carboxylic acid groups (broad SMARTS) is 3. The molecule has 0 radical (unpaired) electrons. The summed E-state index contributed by atoms with van der Waals surface area (Å²) in [6.45, 7) is 6.37. The Morgan fingerprint density at radius 1 is 0.875 bits per heavy atom. The zero-order valence-electron chi connectivity index (χ0n) is 19.5. The number of aliphatic hydroxyl groups is 1. The van der Waals surface area contributed by atoms with Crippen molar-refractivity contribution >= 4 is 53.3 Å². The van der Waals surface area contributed by atoms with Gasteiger partial charge in [-0.1, -0.05) is 58.3 Å². The Labute approximate surface area is 214 Å². The fraction of sp³-hybridized carbons (Fsp3) is 0.818. The predicted octanol–water partition coefficient (Wildman–Crippen LogP) is 2.75. The molecule has 10 heteroatoms. The van der Waals surface area contributed by atoms with E-state index in [0.29, 0.717) is 17.6 Å². The number of hydrogen-bond acceptors (Lipinski definition) is 5. The predicted molar refractivity (Wildman–Crippen MR) is 127 cm³/mol. The molecule has 32 heavy (non-hydrogen) atoms. The number of nitrogens with zero attached hydrogens (tertiary/aromatic N) is 2. The molecular formula is C22H44N2NaO7+. The normalized spacial score (nSPS) is 16.4. The number of amidine groups is 1. The molecule has 9 nitrogen and oxygen atoms in total. The fourth-order valence-electron chi connectivity index (χ4n) is 3.50. The Bertz CT molecular complexity index is 524. The summed E-state index contributed by atoms with van der Waals surface area (Å²) in [7, 11) is 0. The van der Waals surface area contributed by atoms with Gasteiger partial charge in [0.05, 0.1) is 13.2 Å². The maximum absolute atomic E-state index is 11.2. The van der Waals surface area contributed by atoms with E-state index in [9.17, 15) is 9.90 Å². The number of aliphatic imine (C=N–C) groups is 1. The number of carboxylic acids is 3. The molecule has 4 N–H and O–H groups in total. The number of unbranched alkanes of at least 4 members (excludes halogenated alkanes) is 8. The summed E-state index contributed by atoms with van der Waals surface area (Å²) in [5.41, 5.74) is 0. The Balaban J connectivity index is -0.000000803. The molecule has 0 amide bonds. The van der Waals surface area contributed by atoms with E-state index in [0.717, 1.165) is 39.1 Å². The molecule has 0 aliphatic carbocycles. The standard InChI is InChI=1S/C18H34N2O3.2C2H4O2.Na.H/c1-2-3-4-5-6-7-8-9-10-11-17-19-12-13-20(17,14-15-21)16-18(22)23;2*1-2(3)4;;/h21H,2-16H2,1H3;2*1H3,(H,3,4);;/p+1. The number of aliphatic carboxylic acids is 3. The van der Waals surface area contributed by atoms with Crippen LogP contribution in [0.3, 0.4) is 0 Å². The molecule has 1 heterocycles. The van der Waals surface area contributed by atoms with E-state index in [1.54, 1.807) is 0 Å². The average molecular weight is 472 g/mol. The summed E-state index contributed by atoms with van der Waals surface area (Å²) in [6.07, 6.45) is 12.4. The molecule has 0 aromatic carbocycles. The Kier molecular flexibility index (Phi) is 25.8. The van der Waals surface area contributed by atoms with E-state index >= 15 is 0 Å². The molecule has 1 unspecified atom stereocenters. The number of carbonyl (C=O) groups is 3. The van der Waals surface area contributed by atoms with Crippen LogP contribution in [0, 0.1) is 0 Å². The Morgan fingerprint density at radius 3 is 1.72 bits per heavy atom. The zero-order chi connectivity index (χ0) is 24.1. The van der Waals surface area contributed by atoms with E-state index in [1.165, 1.54) is 51.4 Å². The summed E-state index contributed by atoms with van der Waals surface area (Å²) in [5, 5.41) is 33.3. The molecule has 0 aromatic rings. The topological polar surface area (TPSA) is 144 Å². The van der Waals surface area contributed by atoms with Gasteiger partial charge in [-0.15, -0.1) is 0 Å². The zero-order valence-corrected chi connectivity index (χ0v) is 19.5. The van der Waals surface area contributed by atoms with Crippen LogP contribution < -0.4 is 0 Å². The first-order valence-electron chi connectivity index (χ1n) is 11.2. The van der Waals surface area contributed by atoms with Gasteiger partial charge in [0.15, 0.2) is 12.4 Å². The van der Waals surface area contributed by atoms with Crippen molar-refractivity contribution in [2.24, 2.45) is 4.99 Å². The van der Waals surface area contributed by atoms with Crippen LogP contribution >= 0.6 is 0 Å². The van der Waals surface area contributed by atoms with Crippen LogP contribution in [0.15, 0.2) is 4.99 Å². The molecule has 1 rings (SSSR count).